The molecule has 0 radical (unpaired) electrons. The zero-order valence-electron chi connectivity index (χ0n) is 16.8. The second-order valence-corrected chi connectivity index (χ2v) is 7.57. The first-order valence-electron chi connectivity index (χ1n) is 9.94. The molecule has 10 heteroatoms. The van der Waals surface area contributed by atoms with Crippen LogP contribution < -0.4 is 11.1 Å². The van der Waals surface area contributed by atoms with E-state index in [1.54, 1.807) is 24.5 Å². The van der Waals surface area contributed by atoms with Crippen molar-refractivity contribution in [2.75, 3.05) is 12.3 Å². The molecule has 32 heavy (non-hydrogen) atoms. The number of nitrogens with zero attached hydrogens (tertiary/aromatic N) is 3. The summed E-state index contributed by atoms with van der Waals surface area (Å²) in [5, 5.41) is 11.3. The van der Waals surface area contributed by atoms with Crippen LogP contribution in [0.4, 0.5) is 18.9 Å². The van der Waals surface area contributed by atoms with Gasteiger partial charge >= 0.3 is 6.18 Å². The molecular weight excluding hydrogens is 423 g/mol. The van der Waals surface area contributed by atoms with Crippen molar-refractivity contribution in [3.63, 3.8) is 0 Å². The number of halogens is 3. The molecule has 0 aromatic carbocycles. The number of nitrogen functional groups attached to an aromatic ring is 1. The smallest absolute Gasteiger partial charge is 0.396 e. The molecular formula is C22H20F3N5O2. The van der Waals surface area contributed by atoms with Crippen LogP contribution in [0, 0.1) is 0 Å². The minimum absolute atomic E-state index is 0.0108. The molecule has 1 atom stereocenters. The fourth-order valence-electron chi connectivity index (χ4n) is 3.19. The summed E-state index contributed by atoms with van der Waals surface area (Å²) in [5.41, 5.74) is 8.91. The molecule has 0 saturated heterocycles. The number of carbonyl (C=O) groups is 1. The van der Waals surface area contributed by atoms with E-state index in [-0.39, 0.29) is 16.9 Å². The molecule has 1 amide bonds. The lowest BCUT2D eigenvalue weighted by Crippen LogP contribution is -2.40. The average molecular weight is 443 g/mol. The first kappa shape index (κ1) is 21.7. The summed E-state index contributed by atoms with van der Waals surface area (Å²) in [6.07, 6.45) is -0.600. The van der Waals surface area contributed by atoms with Crippen LogP contribution in [0.1, 0.15) is 34.8 Å². The molecule has 0 spiro atoms. The lowest BCUT2D eigenvalue weighted by molar-refractivity contribution is -0.201. The van der Waals surface area contributed by atoms with Crippen molar-refractivity contribution in [1.82, 2.24) is 20.3 Å². The van der Waals surface area contributed by atoms with E-state index in [1.807, 2.05) is 12.1 Å². The number of amides is 1. The van der Waals surface area contributed by atoms with E-state index in [0.717, 1.165) is 18.5 Å². The highest BCUT2D eigenvalue weighted by Gasteiger charge is 2.38. The molecule has 1 aliphatic rings. The van der Waals surface area contributed by atoms with Crippen LogP contribution >= 0.6 is 0 Å². The summed E-state index contributed by atoms with van der Waals surface area (Å²) in [5.74, 6) is -0.391. The predicted octanol–water partition coefficient (Wildman–Crippen LogP) is 3.32. The van der Waals surface area contributed by atoms with E-state index in [0.29, 0.717) is 22.7 Å². The summed E-state index contributed by atoms with van der Waals surface area (Å²) >= 11 is 0. The third-order valence-corrected chi connectivity index (χ3v) is 5.15. The number of rotatable bonds is 6. The van der Waals surface area contributed by atoms with Gasteiger partial charge in [-0.25, -0.2) is 4.98 Å². The molecule has 4 N–H and O–H groups in total. The normalized spacial score (nSPS) is 14.8. The molecule has 1 fully saturated rings. The summed E-state index contributed by atoms with van der Waals surface area (Å²) in [6.45, 7) is -1.00. The van der Waals surface area contributed by atoms with E-state index in [4.69, 9.17) is 5.73 Å². The maximum atomic E-state index is 12.7. The third-order valence-electron chi connectivity index (χ3n) is 5.15. The molecule has 1 saturated carbocycles. The molecule has 1 aliphatic carbocycles. The van der Waals surface area contributed by atoms with Gasteiger partial charge in [-0.1, -0.05) is 0 Å². The van der Waals surface area contributed by atoms with E-state index >= 15 is 0 Å². The van der Waals surface area contributed by atoms with Crippen LogP contribution in [0.15, 0.2) is 48.9 Å². The molecule has 7 nitrogen and oxygen atoms in total. The standard InChI is InChI=1S/C22H20F3N5O2/c23-22(24,25)18(31)11-29-21(32)15-8-17(13-5-6-16(28-10-13)12-3-4-12)30-20(19(15)26)14-2-1-7-27-9-14/h1-2,5-10,12,18,31H,3-4,11,26H2,(H,29,32)/t18-/m0/s1. The number of carbonyl (C=O) groups excluding carboxylic acids is 1. The Morgan fingerprint density at radius 1 is 1.22 bits per heavy atom. The minimum atomic E-state index is -4.85. The number of hydrogen-bond acceptors (Lipinski definition) is 6. The second-order valence-electron chi connectivity index (χ2n) is 7.57. The Morgan fingerprint density at radius 2 is 2.00 bits per heavy atom. The number of alkyl halides is 3. The largest absolute Gasteiger partial charge is 0.416 e. The number of aliphatic hydroxyl groups is 1. The van der Waals surface area contributed by atoms with Gasteiger partial charge in [-0.3, -0.25) is 14.8 Å². The predicted molar refractivity (Wildman–Crippen MR) is 111 cm³/mol. The number of aliphatic hydroxyl groups excluding tert-OH is 1. The van der Waals surface area contributed by atoms with Gasteiger partial charge in [0, 0.05) is 41.3 Å². The van der Waals surface area contributed by atoms with E-state index in [9.17, 15) is 23.1 Å². The van der Waals surface area contributed by atoms with Gasteiger partial charge in [0.1, 0.15) is 0 Å². The minimum Gasteiger partial charge on any atom is -0.396 e. The fourth-order valence-corrected chi connectivity index (χ4v) is 3.19. The van der Waals surface area contributed by atoms with E-state index in [1.165, 1.54) is 12.3 Å². The first-order valence-corrected chi connectivity index (χ1v) is 9.94. The molecule has 0 bridgehead atoms. The molecule has 4 rings (SSSR count). The van der Waals surface area contributed by atoms with Gasteiger partial charge < -0.3 is 16.2 Å². The number of anilines is 1. The van der Waals surface area contributed by atoms with Gasteiger partial charge in [-0.05, 0) is 43.2 Å². The second kappa shape index (κ2) is 8.54. The Morgan fingerprint density at radius 3 is 2.59 bits per heavy atom. The van der Waals surface area contributed by atoms with Gasteiger partial charge in [0.05, 0.1) is 29.2 Å². The lowest BCUT2D eigenvalue weighted by Gasteiger charge is -2.17. The van der Waals surface area contributed by atoms with Gasteiger partial charge in [-0.15, -0.1) is 0 Å². The quantitative estimate of drug-likeness (QED) is 0.539. The SMILES string of the molecule is Nc1c(C(=O)NC[C@H](O)C(F)(F)F)cc(-c2ccc(C3CC3)nc2)nc1-c1cccnc1. The van der Waals surface area contributed by atoms with Gasteiger partial charge in [-0.2, -0.15) is 13.2 Å². The fraction of sp³-hybridized carbons (Fsp3) is 0.273. The van der Waals surface area contributed by atoms with Crippen molar-refractivity contribution in [2.24, 2.45) is 0 Å². The van der Waals surface area contributed by atoms with Crippen LogP contribution in [-0.4, -0.2) is 44.8 Å². The van der Waals surface area contributed by atoms with Crippen molar-refractivity contribution in [3.05, 3.63) is 60.2 Å². The van der Waals surface area contributed by atoms with Crippen molar-refractivity contribution in [1.29, 1.82) is 0 Å². The molecule has 3 aromatic heterocycles. The number of nitrogens with one attached hydrogen (secondary N) is 1. The average Bonchev–Trinajstić information content (AvgIpc) is 3.63. The summed E-state index contributed by atoms with van der Waals surface area (Å²) in [7, 11) is 0. The number of pyridine rings is 3. The molecule has 0 aliphatic heterocycles. The van der Waals surface area contributed by atoms with Crippen LogP contribution in [0.25, 0.3) is 22.5 Å². The highest BCUT2D eigenvalue weighted by Crippen LogP contribution is 2.39. The Hall–Kier alpha value is -3.53. The highest BCUT2D eigenvalue weighted by atomic mass is 19.4. The molecule has 0 unspecified atom stereocenters. The highest BCUT2D eigenvalue weighted by molar-refractivity contribution is 6.03. The van der Waals surface area contributed by atoms with Crippen LogP contribution in [-0.2, 0) is 0 Å². The summed E-state index contributed by atoms with van der Waals surface area (Å²) in [4.78, 5) is 25.8. The van der Waals surface area contributed by atoms with Crippen LogP contribution in [0.3, 0.4) is 0 Å². The Balaban J connectivity index is 1.71. The van der Waals surface area contributed by atoms with E-state index in [2.05, 4.69) is 20.3 Å². The molecule has 3 heterocycles. The lowest BCUT2D eigenvalue weighted by atomic mass is 10.0. The monoisotopic (exact) mass is 443 g/mol. The molecule has 166 valence electrons. The zero-order valence-corrected chi connectivity index (χ0v) is 16.8. The van der Waals surface area contributed by atoms with Crippen molar-refractivity contribution < 1.29 is 23.1 Å². The first-order chi connectivity index (χ1) is 15.2. The van der Waals surface area contributed by atoms with Crippen molar-refractivity contribution in [3.8, 4) is 22.5 Å². The molecule has 3 aromatic rings. The van der Waals surface area contributed by atoms with Gasteiger partial charge in [0.15, 0.2) is 6.10 Å². The Kier molecular flexibility index (Phi) is 5.79. The van der Waals surface area contributed by atoms with Crippen molar-refractivity contribution >= 4 is 11.6 Å². The Bertz CT molecular complexity index is 1120. The maximum absolute atomic E-state index is 12.7. The summed E-state index contributed by atoms with van der Waals surface area (Å²) in [6, 6.07) is 8.52. The van der Waals surface area contributed by atoms with E-state index < -0.39 is 24.7 Å². The van der Waals surface area contributed by atoms with Gasteiger partial charge in [0.25, 0.3) is 5.91 Å². The topological polar surface area (TPSA) is 114 Å². The maximum Gasteiger partial charge on any atom is 0.416 e. The van der Waals surface area contributed by atoms with Crippen molar-refractivity contribution in [2.45, 2.75) is 31.0 Å². The number of aromatic nitrogens is 3. The third kappa shape index (κ3) is 4.70. The van der Waals surface area contributed by atoms with Crippen LogP contribution in [0.2, 0.25) is 0 Å². The van der Waals surface area contributed by atoms with Gasteiger partial charge in [0.2, 0.25) is 0 Å². The van der Waals surface area contributed by atoms with Crippen LogP contribution in [0.5, 0.6) is 0 Å². The Labute approximate surface area is 181 Å². The number of hydrogen-bond donors (Lipinski definition) is 3. The summed E-state index contributed by atoms with van der Waals surface area (Å²) < 4.78 is 37.8. The number of nitrogens with two attached hydrogens (primary N) is 1. The zero-order chi connectivity index (χ0) is 22.9.